The molecule has 0 saturated heterocycles. The smallest absolute Gasteiger partial charge is 0.263 e. The van der Waals surface area contributed by atoms with Gasteiger partial charge in [-0.25, -0.2) is 23.4 Å². The normalized spacial score (nSPS) is 14.8. The number of aliphatic hydroxyl groups is 2. The first-order valence-electron chi connectivity index (χ1n) is 14.9. The Bertz CT molecular complexity index is 1810. The zero-order valence-electron chi connectivity index (χ0n) is 28.6. The lowest BCUT2D eigenvalue weighted by Gasteiger charge is -2.22. The first-order valence-corrected chi connectivity index (χ1v) is 13.1. The number of sulfonamides is 1. The first-order chi connectivity index (χ1) is 22.1. The molecule has 0 aliphatic rings. The minimum atomic E-state index is -4.78. The van der Waals surface area contributed by atoms with Crippen molar-refractivity contribution in [1.29, 1.82) is 2.86 Å². The highest BCUT2D eigenvalue weighted by molar-refractivity contribution is 7.92. The van der Waals surface area contributed by atoms with Gasteiger partial charge in [0.15, 0.2) is 24.6 Å². The summed E-state index contributed by atoms with van der Waals surface area (Å²) in [6, 6.07) is 13.0. The minimum Gasteiger partial charge on any atom is -0.493 e. The van der Waals surface area contributed by atoms with Gasteiger partial charge in [-0.1, -0.05) is 38.1 Å². The third-order valence-corrected chi connectivity index (χ3v) is 6.84. The molecule has 4 rings (SSSR count). The summed E-state index contributed by atoms with van der Waals surface area (Å²) in [5.74, 6) is -3.04. The molecular weight excluding hydrogens is 538 g/mol. The van der Waals surface area contributed by atoms with Crippen molar-refractivity contribution in [3.63, 3.8) is 0 Å². The largest absolute Gasteiger partial charge is 0.493 e. The fraction of sp³-hybridized carbons (Fsp3) is 0.259. The van der Waals surface area contributed by atoms with Crippen molar-refractivity contribution in [2.45, 2.75) is 24.2 Å². The highest BCUT2D eigenvalue weighted by atomic mass is 32.2. The Hall–Kier alpha value is -4.33. The number of methoxy groups -OCH3 is 1. The van der Waals surface area contributed by atoms with Crippen LogP contribution in [0.4, 0.5) is 5.82 Å². The SMILES string of the molecule is [2H]OCC(C)(C)c1ccc(S(=O)(=O)N([2H])c2nc(-c3ncccn3)nc(OC([2H])([2H])C([2H])([2H])O[2H])c2Oc2ccccc2OC)cc1. The van der Waals surface area contributed by atoms with Crippen molar-refractivity contribution >= 4 is 15.8 Å². The molecule has 210 valence electrons. The maximum Gasteiger partial charge on any atom is 0.263 e. The average Bonchev–Trinajstić information content (AvgIpc) is 3.05. The molecule has 0 bridgehead atoms. The molecule has 2 heterocycles. The van der Waals surface area contributed by atoms with Gasteiger partial charge in [-0.3, -0.25) is 4.72 Å². The Morgan fingerprint density at radius 2 is 1.73 bits per heavy atom. The Kier molecular flexibility index (Phi) is 6.29. The van der Waals surface area contributed by atoms with Crippen LogP contribution in [0.15, 0.2) is 71.9 Å². The summed E-state index contributed by atoms with van der Waals surface area (Å²) in [5.41, 5.74) is 0.00570. The molecule has 2 aromatic heterocycles. The summed E-state index contributed by atoms with van der Waals surface area (Å²) >= 11 is 0. The number of aromatic nitrogens is 4. The van der Waals surface area contributed by atoms with Crippen LogP contribution >= 0.6 is 0 Å². The van der Waals surface area contributed by atoms with E-state index in [1.165, 1.54) is 62.0 Å². The van der Waals surface area contributed by atoms with E-state index in [0.29, 0.717) is 5.56 Å². The second-order valence-corrected chi connectivity index (χ2v) is 10.4. The molecule has 3 N–H and O–H groups in total. The number of nitrogens with one attached hydrogen (secondary N) is 1. The molecule has 0 aliphatic carbocycles. The zero-order chi connectivity index (χ0) is 34.6. The van der Waals surface area contributed by atoms with Crippen LogP contribution in [0, 0.1) is 0 Å². The standard InChI is InChI=1S/C27H29N5O7S/c1-27(2,17-34)18-9-11-19(12-10-18)40(35,36)32-23-22(39-21-8-5-4-7-20(21)37-3)26(38-16-15-33)31-25(30-23)24-28-13-6-14-29-24/h4-14,33-34H,15-17H2,1-3H3,(H,30,31,32)/i15D2,16D2,33D,34D/hD. The molecule has 0 aliphatic heterocycles. The highest BCUT2D eigenvalue weighted by Gasteiger charge is 2.27. The van der Waals surface area contributed by atoms with E-state index in [9.17, 15) is 8.42 Å². The van der Waals surface area contributed by atoms with Gasteiger partial charge in [0.05, 0.1) is 30.7 Å². The number of nitrogens with zero attached hydrogens (tertiary/aromatic N) is 4. The van der Waals surface area contributed by atoms with Crippen molar-refractivity contribution in [1.82, 2.24) is 19.9 Å². The summed E-state index contributed by atoms with van der Waals surface area (Å²) in [5, 5.41) is 8.44. The number of aliphatic hydroxyl groups excluding tert-OH is 1. The molecule has 0 radical (unpaired) electrons. The zero-order valence-corrected chi connectivity index (χ0v) is 22.4. The Morgan fingerprint density at radius 3 is 2.40 bits per heavy atom. The lowest BCUT2D eigenvalue weighted by molar-refractivity contribution is 0.192. The predicted molar refractivity (Wildman–Crippen MR) is 146 cm³/mol. The van der Waals surface area contributed by atoms with E-state index in [1.807, 2.05) is 0 Å². The number of hydrogen-bond donors (Lipinski definition) is 3. The number of hydrogen-bond acceptors (Lipinski definition) is 11. The van der Waals surface area contributed by atoms with Crippen LogP contribution < -0.4 is 18.9 Å². The van der Waals surface area contributed by atoms with Gasteiger partial charge in [0.1, 0.15) is 6.56 Å². The van der Waals surface area contributed by atoms with Gasteiger partial charge in [-0.2, -0.15) is 4.98 Å². The molecule has 40 heavy (non-hydrogen) atoms. The average molecular weight is 575 g/mol. The molecule has 0 amide bonds. The summed E-state index contributed by atoms with van der Waals surface area (Å²) < 4.78 is 99.2. The summed E-state index contributed by atoms with van der Waals surface area (Å²) in [6.07, 6.45) is 2.64. The predicted octanol–water partition coefficient (Wildman–Crippen LogP) is 3.18. The number of benzene rings is 2. The third-order valence-electron chi connectivity index (χ3n) is 5.55. The Balaban J connectivity index is 1.96. The van der Waals surface area contributed by atoms with E-state index in [4.69, 9.17) is 24.0 Å². The summed E-state index contributed by atoms with van der Waals surface area (Å²) in [4.78, 5) is 16.0. The molecule has 0 spiro atoms. The molecule has 4 aromatic rings. The quantitative estimate of drug-likeness (QED) is 0.202. The van der Waals surface area contributed by atoms with Gasteiger partial charge >= 0.3 is 0 Å². The van der Waals surface area contributed by atoms with E-state index in [-0.39, 0.29) is 33.5 Å². The number of ether oxygens (including phenoxy) is 3. The topological polar surface area (TPSA) is 166 Å². The molecule has 13 heteroatoms. The van der Waals surface area contributed by atoms with E-state index >= 15 is 0 Å². The van der Waals surface area contributed by atoms with Crippen LogP contribution in [0.5, 0.6) is 23.1 Å². The number of para-hydroxylation sites is 2. The Morgan fingerprint density at radius 1 is 1.00 bits per heavy atom. The van der Waals surface area contributed by atoms with Crippen molar-refractivity contribution in [2.75, 3.05) is 31.5 Å². The van der Waals surface area contributed by atoms with E-state index < -0.39 is 51.8 Å². The minimum absolute atomic E-state index is 0.00298. The van der Waals surface area contributed by atoms with Crippen LogP contribution in [0.3, 0.4) is 0 Å². The number of anilines is 1. The van der Waals surface area contributed by atoms with Crippen LogP contribution in [-0.2, 0) is 15.4 Å². The first kappa shape index (κ1) is 20.6. The second kappa shape index (κ2) is 12.2. The van der Waals surface area contributed by atoms with Gasteiger partial charge in [0, 0.05) is 17.8 Å². The Labute approximate surface area is 241 Å². The monoisotopic (exact) mass is 574 g/mol. The van der Waals surface area contributed by atoms with Crippen molar-refractivity contribution in [2.24, 2.45) is 0 Å². The maximum absolute atomic E-state index is 13.9. The van der Waals surface area contributed by atoms with Crippen molar-refractivity contribution < 1.29 is 39.7 Å². The maximum atomic E-state index is 13.9. The van der Waals surface area contributed by atoms with Crippen molar-refractivity contribution in [3.8, 4) is 34.8 Å². The number of rotatable bonds is 14. The van der Waals surface area contributed by atoms with Gasteiger partial charge in [0.2, 0.25) is 14.4 Å². The van der Waals surface area contributed by atoms with E-state index in [2.05, 4.69) is 30.2 Å². The summed E-state index contributed by atoms with van der Waals surface area (Å²) in [6.45, 7) is -3.20. The highest BCUT2D eigenvalue weighted by Crippen LogP contribution is 2.41. The lowest BCUT2D eigenvalue weighted by atomic mass is 9.86. The van der Waals surface area contributed by atoms with Crippen LogP contribution in [0.1, 0.15) is 24.9 Å². The molecule has 0 atom stereocenters. The summed E-state index contributed by atoms with van der Waals surface area (Å²) in [7, 11) is -3.45. The van der Waals surface area contributed by atoms with Crippen LogP contribution in [-0.4, -0.2) is 68.3 Å². The van der Waals surface area contributed by atoms with Crippen molar-refractivity contribution in [3.05, 3.63) is 72.6 Å². The van der Waals surface area contributed by atoms with E-state index in [1.54, 1.807) is 26.0 Å². The van der Waals surface area contributed by atoms with Crippen LogP contribution in [0.25, 0.3) is 11.6 Å². The molecule has 2 aromatic carbocycles. The molecule has 0 saturated carbocycles. The second-order valence-electron chi connectivity index (χ2n) is 8.76. The van der Waals surface area contributed by atoms with Gasteiger partial charge < -0.3 is 24.4 Å². The lowest BCUT2D eigenvalue weighted by Crippen LogP contribution is -2.22. The third kappa shape index (κ3) is 6.45. The molecular formula is C27H29N5O7S. The van der Waals surface area contributed by atoms with Gasteiger partial charge in [0.25, 0.3) is 15.9 Å². The van der Waals surface area contributed by atoms with Crippen LogP contribution in [0.2, 0.25) is 1.41 Å². The molecule has 0 fully saturated rings. The van der Waals surface area contributed by atoms with E-state index in [0.717, 1.165) is 0 Å². The van der Waals surface area contributed by atoms with Gasteiger partial charge in [-0.15, -0.1) is 0 Å². The fourth-order valence-electron chi connectivity index (χ4n) is 3.36. The molecule has 0 unspecified atom stereocenters. The molecule has 12 nitrogen and oxygen atoms in total. The van der Waals surface area contributed by atoms with Gasteiger partial charge in [-0.05, 0) is 35.9 Å². The fourth-order valence-corrected chi connectivity index (χ4v) is 4.30.